The maximum absolute atomic E-state index is 12.3. The third-order valence-corrected chi connectivity index (χ3v) is 5.69. The van der Waals surface area contributed by atoms with Gasteiger partial charge in [0.05, 0.1) is 30.3 Å². The van der Waals surface area contributed by atoms with Gasteiger partial charge in [0, 0.05) is 11.1 Å². The summed E-state index contributed by atoms with van der Waals surface area (Å²) in [5.74, 6) is -1.62. The van der Waals surface area contributed by atoms with Crippen LogP contribution in [0.5, 0.6) is 0 Å². The van der Waals surface area contributed by atoms with Crippen LogP contribution in [0.2, 0.25) is 0 Å². The first kappa shape index (κ1) is 22.7. The molecule has 0 aromatic heterocycles. The summed E-state index contributed by atoms with van der Waals surface area (Å²) in [6.07, 6.45) is 2.38. The van der Waals surface area contributed by atoms with E-state index in [1.807, 2.05) is 30.3 Å². The fraction of sp³-hybridized carbons (Fsp3) is 0.0870. The van der Waals surface area contributed by atoms with Crippen LogP contribution in [0.25, 0.3) is 0 Å². The van der Waals surface area contributed by atoms with Crippen LogP contribution in [-0.4, -0.2) is 37.9 Å². The van der Waals surface area contributed by atoms with Gasteiger partial charge in [-0.3, -0.25) is 9.10 Å². The second-order valence-corrected chi connectivity index (χ2v) is 8.80. The number of rotatable bonds is 8. The number of carbonyl (C=O) groups is 2. The number of hydrogen-bond donors (Lipinski definition) is 2. The van der Waals surface area contributed by atoms with Crippen LogP contribution in [0.4, 0.5) is 5.69 Å². The number of benzene rings is 3. The normalized spacial score (nSPS) is 11.3. The van der Waals surface area contributed by atoms with Crippen LogP contribution in [0.1, 0.15) is 31.8 Å². The fourth-order valence-corrected chi connectivity index (χ4v) is 3.85. The largest absolute Gasteiger partial charge is 0.478 e. The Hall–Kier alpha value is -3.98. The van der Waals surface area contributed by atoms with Crippen molar-refractivity contribution in [3.05, 3.63) is 101 Å². The molecule has 9 heteroatoms. The van der Waals surface area contributed by atoms with Crippen LogP contribution in [-0.2, 0) is 16.6 Å². The van der Waals surface area contributed by atoms with Gasteiger partial charge < -0.3 is 5.11 Å². The molecule has 0 spiro atoms. The first-order chi connectivity index (χ1) is 15.3. The first-order valence-electron chi connectivity index (χ1n) is 9.53. The Morgan fingerprint density at radius 3 is 2.22 bits per heavy atom. The summed E-state index contributed by atoms with van der Waals surface area (Å²) in [7, 11) is -3.54. The van der Waals surface area contributed by atoms with E-state index in [9.17, 15) is 23.1 Å². The van der Waals surface area contributed by atoms with E-state index in [1.54, 1.807) is 30.3 Å². The zero-order valence-corrected chi connectivity index (χ0v) is 18.0. The molecule has 0 heterocycles. The van der Waals surface area contributed by atoms with E-state index in [0.717, 1.165) is 11.8 Å². The zero-order valence-electron chi connectivity index (χ0n) is 17.2. The highest BCUT2D eigenvalue weighted by Crippen LogP contribution is 2.21. The number of aromatic carboxylic acids is 1. The molecule has 3 rings (SSSR count). The Kier molecular flexibility index (Phi) is 7.01. The van der Waals surface area contributed by atoms with Crippen molar-refractivity contribution in [2.75, 3.05) is 10.6 Å². The minimum atomic E-state index is -3.54. The summed E-state index contributed by atoms with van der Waals surface area (Å²) >= 11 is 0. The SMILES string of the molecule is CS(=O)(=O)N(Cc1ccccc1)c1ccc(C(=O)N/N=C\c2ccccc2C(=O)O)cc1. The minimum absolute atomic E-state index is 0.0640. The summed E-state index contributed by atoms with van der Waals surface area (Å²) in [5.41, 5.74) is 4.27. The molecule has 0 fully saturated rings. The number of anilines is 1. The van der Waals surface area contributed by atoms with Gasteiger partial charge in [0.1, 0.15) is 0 Å². The van der Waals surface area contributed by atoms with Gasteiger partial charge in [-0.1, -0.05) is 48.5 Å². The highest BCUT2D eigenvalue weighted by Gasteiger charge is 2.18. The number of nitrogens with zero attached hydrogens (tertiary/aromatic N) is 2. The van der Waals surface area contributed by atoms with Gasteiger partial charge in [-0.05, 0) is 35.9 Å². The molecule has 0 unspecified atom stereocenters. The number of amides is 1. The smallest absolute Gasteiger partial charge is 0.336 e. The van der Waals surface area contributed by atoms with Gasteiger partial charge in [-0.15, -0.1) is 0 Å². The molecule has 0 saturated carbocycles. The van der Waals surface area contributed by atoms with Gasteiger partial charge in [-0.25, -0.2) is 18.6 Å². The number of hydrazone groups is 1. The quantitative estimate of drug-likeness (QED) is 0.403. The molecule has 2 N–H and O–H groups in total. The average molecular weight is 452 g/mol. The van der Waals surface area contributed by atoms with E-state index in [-0.39, 0.29) is 17.7 Å². The van der Waals surface area contributed by atoms with E-state index >= 15 is 0 Å². The van der Waals surface area contributed by atoms with E-state index in [1.165, 1.54) is 28.7 Å². The number of carbonyl (C=O) groups excluding carboxylic acids is 1. The van der Waals surface area contributed by atoms with Gasteiger partial charge in [0.2, 0.25) is 10.0 Å². The van der Waals surface area contributed by atoms with Crippen molar-refractivity contribution in [3.63, 3.8) is 0 Å². The van der Waals surface area contributed by atoms with Crippen LogP contribution in [0, 0.1) is 0 Å². The van der Waals surface area contributed by atoms with Crippen molar-refractivity contribution in [1.82, 2.24) is 5.43 Å². The number of sulfonamides is 1. The fourth-order valence-electron chi connectivity index (χ4n) is 2.96. The zero-order chi connectivity index (χ0) is 23.1. The summed E-state index contributed by atoms with van der Waals surface area (Å²) in [4.78, 5) is 23.6. The van der Waals surface area contributed by atoms with Gasteiger partial charge in [0.25, 0.3) is 5.91 Å². The lowest BCUT2D eigenvalue weighted by molar-refractivity contribution is 0.0696. The highest BCUT2D eigenvalue weighted by molar-refractivity contribution is 7.92. The molecule has 8 nitrogen and oxygen atoms in total. The Morgan fingerprint density at radius 1 is 0.969 bits per heavy atom. The van der Waals surface area contributed by atoms with Crippen molar-refractivity contribution >= 4 is 33.8 Å². The number of hydrogen-bond acceptors (Lipinski definition) is 5. The molecule has 1 amide bonds. The summed E-state index contributed by atoms with van der Waals surface area (Å²) in [6, 6.07) is 21.5. The van der Waals surface area contributed by atoms with Crippen molar-refractivity contribution in [1.29, 1.82) is 0 Å². The molecule has 164 valence electrons. The number of nitrogens with one attached hydrogen (secondary N) is 1. The van der Waals surface area contributed by atoms with Crippen LogP contribution >= 0.6 is 0 Å². The second-order valence-electron chi connectivity index (χ2n) is 6.89. The van der Waals surface area contributed by atoms with Crippen LogP contribution in [0.15, 0.2) is 84.0 Å². The molecule has 0 aliphatic carbocycles. The van der Waals surface area contributed by atoms with E-state index in [4.69, 9.17) is 0 Å². The number of carboxylic acid groups (broad SMARTS) is 1. The van der Waals surface area contributed by atoms with E-state index in [0.29, 0.717) is 11.3 Å². The predicted molar refractivity (Wildman–Crippen MR) is 122 cm³/mol. The lowest BCUT2D eigenvalue weighted by Crippen LogP contribution is -2.29. The number of carboxylic acids is 1. The molecule has 3 aromatic rings. The van der Waals surface area contributed by atoms with Crippen LogP contribution in [0.3, 0.4) is 0 Å². The molecule has 32 heavy (non-hydrogen) atoms. The second kappa shape index (κ2) is 9.88. The summed E-state index contributed by atoms with van der Waals surface area (Å²) in [6.45, 7) is 0.165. The van der Waals surface area contributed by atoms with Crippen LogP contribution < -0.4 is 9.73 Å². The molecular weight excluding hydrogens is 430 g/mol. The van der Waals surface area contributed by atoms with Gasteiger partial charge in [-0.2, -0.15) is 5.10 Å². The third-order valence-electron chi connectivity index (χ3n) is 4.55. The topological polar surface area (TPSA) is 116 Å². The summed E-state index contributed by atoms with van der Waals surface area (Å²) in [5, 5.41) is 13.0. The lowest BCUT2D eigenvalue weighted by atomic mass is 10.1. The summed E-state index contributed by atoms with van der Waals surface area (Å²) < 4.78 is 25.8. The van der Waals surface area contributed by atoms with Gasteiger partial charge in [0.15, 0.2) is 0 Å². The molecular formula is C23H21N3O5S. The minimum Gasteiger partial charge on any atom is -0.478 e. The molecule has 0 radical (unpaired) electrons. The van der Waals surface area contributed by atoms with Crippen molar-refractivity contribution in [2.24, 2.45) is 5.10 Å². The molecule has 3 aromatic carbocycles. The Morgan fingerprint density at radius 2 is 1.59 bits per heavy atom. The molecule has 0 aliphatic rings. The maximum atomic E-state index is 12.3. The molecule has 0 saturated heterocycles. The Balaban J connectivity index is 1.72. The molecule has 0 atom stereocenters. The predicted octanol–water partition coefficient (Wildman–Crippen LogP) is 3.11. The lowest BCUT2D eigenvalue weighted by Gasteiger charge is -2.22. The van der Waals surface area contributed by atoms with Gasteiger partial charge >= 0.3 is 5.97 Å². The van der Waals surface area contributed by atoms with E-state index < -0.39 is 21.9 Å². The maximum Gasteiger partial charge on any atom is 0.336 e. The van der Waals surface area contributed by atoms with E-state index in [2.05, 4.69) is 10.5 Å². The average Bonchev–Trinajstić information content (AvgIpc) is 2.78. The standard InChI is InChI=1S/C23H21N3O5S/c1-32(30,31)26(16-17-7-3-2-4-8-17)20-13-11-18(12-14-20)22(27)25-24-15-19-9-5-6-10-21(19)23(28)29/h2-15H,16H2,1H3,(H,25,27)(H,28,29)/b24-15-. The Bertz CT molecular complexity index is 1240. The molecule has 0 bridgehead atoms. The van der Waals surface area contributed by atoms with Crippen molar-refractivity contribution < 1.29 is 23.1 Å². The molecule has 0 aliphatic heterocycles. The first-order valence-corrected chi connectivity index (χ1v) is 11.4. The Labute approximate surface area is 185 Å². The third kappa shape index (κ3) is 5.79. The monoisotopic (exact) mass is 451 g/mol. The van der Waals surface area contributed by atoms with Crippen molar-refractivity contribution in [2.45, 2.75) is 6.54 Å². The highest BCUT2D eigenvalue weighted by atomic mass is 32.2. The van der Waals surface area contributed by atoms with Crippen molar-refractivity contribution in [3.8, 4) is 0 Å².